The van der Waals surface area contributed by atoms with Crippen LogP contribution in [0.15, 0.2) is 53.3 Å². The van der Waals surface area contributed by atoms with Gasteiger partial charge < -0.3 is 19.2 Å². The van der Waals surface area contributed by atoms with E-state index >= 15 is 0 Å². The highest BCUT2D eigenvalue weighted by Crippen LogP contribution is 2.20. The van der Waals surface area contributed by atoms with Crippen LogP contribution < -0.4 is 0 Å². The van der Waals surface area contributed by atoms with Crippen molar-refractivity contribution in [2.75, 3.05) is 0 Å². The Kier molecular flexibility index (Phi) is 7.06. The van der Waals surface area contributed by atoms with Crippen molar-refractivity contribution in [2.24, 2.45) is 5.92 Å². The second kappa shape index (κ2) is 9.91. The molecule has 0 saturated heterocycles. The molecule has 7 heteroatoms. The number of hydrogen-bond donors (Lipinski definition) is 2. The van der Waals surface area contributed by atoms with Crippen molar-refractivity contribution in [2.45, 2.75) is 45.6 Å². The highest BCUT2D eigenvalue weighted by Gasteiger charge is 2.23. The summed E-state index contributed by atoms with van der Waals surface area (Å²) in [4.78, 5) is 27.5. The van der Waals surface area contributed by atoms with E-state index in [1.165, 1.54) is 0 Å². The van der Waals surface area contributed by atoms with Crippen molar-refractivity contribution < 1.29 is 24.2 Å². The monoisotopic (exact) mass is 410 g/mol. The number of benzene rings is 1. The van der Waals surface area contributed by atoms with Crippen LogP contribution in [-0.2, 0) is 30.6 Å². The van der Waals surface area contributed by atoms with E-state index in [1.54, 1.807) is 48.9 Å². The van der Waals surface area contributed by atoms with Crippen LogP contribution in [-0.4, -0.2) is 31.7 Å². The number of carboxylic acid groups (broad SMARTS) is 2. The highest BCUT2D eigenvalue weighted by atomic mass is 16.4. The van der Waals surface area contributed by atoms with Crippen LogP contribution >= 0.6 is 0 Å². The summed E-state index contributed by atoms with van der Waals surface area (Å²) < 4.78 is 7.39. The zero-order chi connectivity index (χ0) is 21.5. The summed E-state index contributed by atoms with van der Waals surface area (Å²) in [6, 6.07) is 10.3. The maximum absolute atomic E-state index is 11.9. The quantitative estimate of drug-likeness (QED) is 0.494. The number of imidazole rings is 1. The molecule has 0 amide bonds. The summed E-state index contributed by atoms with van der Waals surface area (Å²) in [5.74, 6) is -0.906. The maximum atomic E-state index is 11.9. The first-order valence-electron chi connectivity index (χ1n) is 10.1. The van der Waals surface area contributed by atoms with Crippen LogP contribution in [0.1, 0.15) is 53.0 Å². The van der Waals surface area contributed by atoms with Gasteiger partial charge in [0.25, 0.3) is 0 Å². The zero-order valence-corrected chi connectivity index (χ0v) is 17.0. The summed E-state index contributed by atoms with van der Waals surface area (Å²) in [5, 5.41) is 18.8. The number of unbranched alkanes of at least 4 members (excludes halogenated alkanes) is 1. The van der Waals surface area contributed by atoms with Gasteiger partial charge in [0.1, 0.15) is 11.6 Å². The van der Waals surface area contributed by atoms with Crippen molar-refractivity contribution in [3.63, 3.8) is 0 Å². The minimum atomic E-state index is -0.962. The molecule has 0 bridgehead atoms. The Hall–Kier alpha value is -3.35. The summed E-state index contributed by atoms with van der Waals surface area (Å²) in [7, 11) is 0. The van der Waals surface area contributed by atoms with E-state index in [0.717, 1.165) is 36.3 Å². The van der Waals surface area contributed by atoms with Gasteiger partial charge in [-0.1, -0.05) is 25.5 Å². The van der Waals surface area contributed by atoms with Gasteiger partial charge in [0.05, 0.1) is 17.7 Å². The lowest BCUT2D eigenvalue weighted by atomic mass is 9.98. The van der Waals surface area contributed by atoms with Gasteiger partial charge in [-0.3, -0.25) is 4.79 Å². The predicted molar refractivity (Wildman–Crippen MR) is 111 cm³/mol. The second-order valence-corrected chi connectivity index (χ2v) is 7.38. The smallest absolute Gasteiger partial charge is 0.335 e. The van der Waals surface area contributed by atoms with Crippen molar-refractivity contribution in [1.82, 2.24) is 9.55 Å². The van der Waals surface area contributed by atoms with Crippen molar-refractivity contribution in [3.05, 3.63) is 77.3 Å². The SMILES string of the molecule is CCCCc1ncc(CC(Cc2ccco2)C(=O)O)n1Cc1ccc(C(=O)O)cc1. The Morgan fingerprint density at radius 1 is 1.13 bits per heavy atom. The van der Waals surface area contributed by atoms with Crippen LogP contribution in [0.2, 0.25) is 0 Å². The van der Waals surface area contributed by atoms with Gasteiger partial charge >= 0.3 is 11.9 Å². The summed E-state index contributed by atoms with van der Waals surface area (Å²) >= 11 is 0. The molecule has 3 rings (SSSR count). The standard InChI is InChI=1S/C23H26N2O5/c1-2-3-6-21-24-14-19(12-18(23(28)29)13-20-5-4-11-30-20)25(21)15-16-7-9-17(10-8-16)22(26)27/h4-5,7-11,14,18H,2-3,6,12-13,15H2,1H3,(H,26,27)(H,28,29). The highest BCUT2D eigenvalue weighted by molar-refractivity contribution is 5.87. The lowest BCUT2D eigenvalue weighted by molar-refractivity contribution is -0.141. The fourth-order valence-corrected chi connectivity index (χ4v) is 3.45. The summed E-state index contributed by atoms with van der Waals surface area (Å²) in [5.41, 5.74) is 2.03. The number of furan rings is 1. The molecular formula is C23H26N2O5. The molecule has 0 spiro atoms. The van der Waals surface area contributed by atoms with Gasteiger partial charge in [-0.2, -0.15) is 0 Å². The molecular weight excluding hydrogens is 384 g/mol. The molecule has 158 valence electrons. The lowest BCUT2D eigenvalue weighted by Gasteiger charge is -2.16. The van der Waals surface area contributed by atoms with E-state index in [-0.39, 0.29) is 5.56 Å². The average molecular weight is 410 g/mol. The zero-order valence-electron chi connectivity index (χ0n) is 17.0. The first-order valence-corrected chi connectivity index (χ1v) is 10.1. The first-order chi connectivity index (χ1) is 14.5. The van der Waals surface area contributed by atoms with Crippen molar-refractivity contribution >= 4 is 11.9 Å². The Bertz CT molecular complexity index is 974. The van der Waals surface area contributed by atoms with E-state index in [0.29, 0.717) is 25.1 Å². The maximum Gasteiger partial charge on any atom is 0.335 e. The third-order valence-corrected chi connectivity index (χ3v) is 5.15. The van der Waals surface area contributed by atoms with Gasteiger partial charge in [-0.05, 0) is 36.2 Å². The molecule has 30 heavy (non-hydrogen) atoms. The summed E-state index contributed by atoms with van der Waals surface area (Å²) in [6.07, 6.45) is 6.78. The van der Waals surface area contributed by atoms with Crippen molar-refractivity contribution in [3.8, 4) is 0 Å². The minimum Gasteiger partial charge on any atom is -0.481 e. The molecule has 2 heterocycles. The normalized spacial score (nSPS) is 12.0. The molecule has 2 N–H and O–H groups in total. The van der Waals surface area contributed by atoms with E-state index in [2.05, 4.69) is 16.5 Å². The molecule has 0 saturated carbocycles. The van der Waals surface area contributed by atoms with Crippen molar-refractivity contribution in [1.29, 1.82) is 0 Å². The number of aromatic nitrogens is 2. The third kappa shape index (κ3) is 5.37. The number of nitrogens with zero attached hydrogens (tertiary/aromatic N) is 2. The molecule has 1 unspecified atom stereocenters. The van der Waals surface area contributed by atoms with Gasteiger partial charge in [-0.15, -0.1) is 0 Å². The second-order valence-electron chi connectivity index (χ2n) is 7.38. The molecule has 2 aromatic heterocycles. The Labute approximate surface area is 175 Å². The number of aryl methyl sites for hydroxylation is 1. The van der Waals surface area contributed by atoms with Gasteiger partial charge in [0.2, 0.25) is 0 Å². The first kappa shape index (κ1) is 21.4. The van der Waals surface area contributed by atoms with E-state index in [9.17, 15) is 14.7 Å². The molecule has 0 aliphatic carbocycles. The largest absolute Gasteiger partial charge is 0.481 e. The van der Waals surface area contributed by atoms with Crippen LogP contribution in [0.25, 0.3) is 0 Å². The van der Waals surface area contributed by atoms with Gasteiger partial charge in [0, 0.05) is 37.7 Å². The fourth-order valence-electron chi connectivity index (χ4n) is 3.45. The fraction of sp³-hybridized carbons (Fsp3) is 0.348. The summed E-state index contributed by atoms with van der Waals surface area (Å²) in [6.45, 7) is 2.63. The van der Waals surface area contributed by atoms with E-state index in [4.69, 9.17) is 9.52 Å². The number of carbonyl (C=O) groups is 2. The van der Waals surface area contributed by atoms with Crippen LogP contribution in [0.3, 0.4) is 0 Å². The van der Waals surface area contributed by atoms with Crippen LogP contribution in [0.5, 0.6) is 0 Å². The molecule has 1 atom stereocenters. The van der Waals surface area contributed by atoms with E-state index < -0.39 is 17.9 Å². The Balaban J connectivity index is 1.85. The number of rotatable bonds is 11. The molecule has 0 aliphatic heterocycles. The minimum absolute atomic E-state index is 0.236. The average Bonchev–Trinajstić information content (AvgIpc) is 3.37. The number of hydrogen-bond acceptors (Lipinski definition) is 4. The molecule has 0 radical (unpaired) electrons. The molecule has 0 aliphatic rings. The lowest BCUT2D eigenvalue weighted by Crippen LogP contribution is -2.21. The molecule has 1 aromatic carbocycles. The number of carboxylic acids is 2. The topological polar surface area (TPSA) is 106 Å². The molecule has 0 fully saturated rings. The number of aliphatic carboxylic acids is 1. The Morgan fingerprint density at radius 2 is 1.90 bits per heavy atom. The molecule has 3 aromatic rings. The Morgan fingerprint density at radius 3 is 2.50 bits per heavy atom. The molecule has 7 nitrogen and oxygen atoms in total. The van der Waals surface area contributed by atoms with Gasteiger partial charge in [-0.25, -0.2) is 9.78 Å². The predicted octanol–water partition coefficient (Wildman–Crippen LogP) is 4.05. The number of aromatic carboxylic acids is 1. The van der Waals surface area contributed by atoms with Gasteiger partial charge in [0.15, 0.2) is 0 Å². The van der Waals surface area contributed by atoms with E-state index in [1.807, 2.05) is 0 Å². The third-order valence-electron chi connectivity index (χ3n) is 5.15. The van der Waals surface area contributed by atoms with Crippen LogP contribution in [0, 0.1) is 5.92 Å². The van der Waals surface area contributed by atoms with Crippen LogP contribution in [0.4, 0.5) is 0 Å².